The molecular weight excluding hydrogens is 563 g/mol. The number of rotatable bonds is 4. The largest absolute Gasteiger partial charge is 0.351 e. The quantitative estimate of drug-likeness (QED) is 0.246. The van der Waals surface area contributed by atoms with Crippen LogP contribution in [0.15, 0.2) is 71.3 Å². The van der Waals surface area contributed by atoms with E-state index in [1.165, 1.54) is 0 Å². The highest BCUT2D eigenvalue weighted by Crippen LogP contribution is 2.44. The van der Waals surface area contributed by atoms with Gasteiger partial charge in [-0.25, -0.2) is 0 Å². The highest BCUT2D eigenvalue weighted by molar-refractivity contribution is 9.10. The molecule has 2 unspecified atom stereocenters. The molecule has 0 saturated carbocycles. The van der Waals surface area contributed by atoms with Crippen LogP contribution in [-0.4, -0.2) is 14.7 Å². The fraction of sp³-hybridized carbons (Fsp3) is 0.185. The smallest absolute Gasteiger partial charge is 0.174 e. The van der Waals surface area contributed by atoms with Crippen LogP contribution < -0.4 is 10.2 Å². The van der Waals surface area contributed by atoms with Crippen molar-refractivity contribution in [1.29, 1.82) is 0 Å². The molecule has 2 aromatic carbocycles. The van der Waals surface area contributed by atoms with Gasteiger partial charge in [0.1, 0.15) is 0 Å². The van der Waals surface area contributed by atoms with Gasteiger partial charge in [-0.15, -0.1) is 0 Å². The molecule has 178 valence electrons. The van der Waals surface area contributed by atoms with Gasteiger partial charge in [0.15, 0.2) is 5.11 Å². The fourth-order valence-corrected chi connectivity index (χ4v) is 5.82. The van der Waals surface area contributed by atoms with Crippen LogP contribution >= 0.6 is 51.3 Å². The van der Waals surface area contributed by atoms with E-state index < -0.39 is 0 Å². The van der Waals surface area contributed by atoms with Crippen molar-refractivity contribution in [3.8, 4) is 5.69 Å². The number of aryl methyl sites for hydroxylation is 2. The zero-order valence-corrected chi connectivity index (χ0v) is 23.3. The average Bonchev–Trinajstić information content (AvgIpc) is 3.33. The normalized spacial score (nSPS) is 17.7. The van der Waals surface area contributed by atoms with Crippen LogP contribution in [0.3, 0.4) is 0 Å². The Hall–Kier alpha value is -2.38. The van der Waals surface area contributed by atoms with Gasteiger partial charge < -0.3 is 14.8 Å². The lowest BCUT2D eigenvalue weighted by molar-refractivity contribution is 0.565. The van der Waals surface area contributed by atoms with Crippen LogP contribution in [0, 0.1) is 20.8 Å². The number of thiocarbonyl (C=S) groups is 1. The van der Waals surface area contributed by atoms with Crippen molar-refractivity contribution in [1.82, 2.24) is 14.9 Å². The average molecular weight is 586 g/mol. The van der Waals surface area contributed by atoms with Gasteiger partial charge >= 0.3 is 0 Å². The minimum atomic E-state index is -0.128. The third kappa shape index (κ3) is 4.27. The summed E-state index contributed by atoms with van der Waals surface area (Å²) < 4.78 is 3.22. The maximum atomic E-state index is 6.63. The Morgan fingerprint density at radius 3 is 2.51 bits per heavy atom. The molecule has 1 aliphatic heterocycles. The summed E-state index contributed by atoms with van der Waals surface area (Å²) in [6.07, 6.45) is 1.82. The number of nitrogens with one attached hydrogen (secondary N) is 1. The van der Waals surface area contributed by atoms with Gasteiger partial charge in [0.05, 0.1) is 33.5 Å². The molecule has 2 aromatic heterocycles. The van der Waals surface area contributed by atoms with Crippen LogP contribution in [0.2, 0.25) is 10.0 Å². The van der Waals surface area contributed by atoms with E-state index in [4.69, 9.17) is 35.4 Å². The van der Waals surface area contributed by atoms with Crippen LogP contribution in [-0.2, 0) is 0 Å². The summed E-state index contributed by atoms with van der Waals surface area (Å²) in [5.41, 5.74) is 7.23. The van der Waals surface area contributed by atoms with E-state index in [1.54, 1.807) is 6.07 Å². The Morgan fingerprint density at radius 2 is 1.80 bits per heavy atom. The van der Waals surface area contributed by atoms with Gasteiger partial charge in [-0.2, -0.15) is 0 Å². The van der Waals surface area contributed by atoms with E-state index in [9.17, 15) is 0 Å². The Balaban J connectivity index is 1.71. The summed E-state index contributed by atoms with van der Waals surface area (Å²) in [6, 6.07) is 19.9. The second-order valence-electron chi connectivity index (χ2n) is 8.66. The van der Waals surface area contributed by atoms with Gasteiger partial charge in [0.25, 0.3) is 0 Å². The van der Waals surface area contributed by atoms with Crippen molar-refractivity contribution < 1.29 is 0 Å². The molecule has 0 bridgehead atoms. The summed E-state index contributed by atoms with van der Waals surface area (Å²) in [4.78, 5) is 6.87. The minimum absolute atomic E-state index is 0.115. The van der Waals surface area contributed by atoms with Gasteiger partial charge in [-0.05, 0) is 92.6 Å². The zero-order chi connectivity index (χ0) is 24.9. The lowest BCUT2D eigenvalue weighted by Gasteiger charge is -2.28. The molecule has 1 N–H and O–H groups in total. The topological polar surface area (TPSA) is 33.1 Å². The first-order chi connectivity index (χ1) is 16.8. The van der Waals surface area contributed by atoms with Gasteiger partial charge in [0.2, 0.25) is 0 Å². The third-order valence-corrected chi connectivity index (χ3v) is 8.49. The maximum absolute atomic E-state index is 6.63. The maximum Gasteiger partial charge on any atom is 0.174 e. The number of anilines is 1. The molecule has 0 radical (unpaired) electrons. The van der Waals surface area contributed by atoms with E-state index in [1.807, 2.05) is 36.5 Å². The summed E-state index contributed by atoms with van der Waals surface area (Å²) in [6.45, 7) is 6.28. The molecule has 0 aliphatic carbocycles. The molecule has 35 heavy (non-hydrogen) atoms. The van der Waals surface area contributed by atoms with E-state index in [-0.39, 0.29) is 12.1 Å². The molecule has 3 heterocycles. The minimum Gasteiger partial charge on any atom is -0.351 e. The molecular formula is C27H23BrCl2N4S. The molecule has 1 fully saturated rings. The van der Waals surface area contributed by atoms with Crippen molar-refractivity contribution in [2.75, 3.05) is 4.90 Å². The first kappa shape index (κ1) is 24.3. The molecule has 4 aromatic rings. The lowest BCUT2D eigenvalue weighted by atomic mass is 9.96. The SMILES string of the molecule is Cc1cc(N2C(=S)NC(c3ccccn3)C2c2cc(C)n(-c3cccc(Cl)c3Cl)c2C)ccc1Br. The number of aromatic nitrogens is 2. The summed E-state index contributed by atoms with van der Waals surface area (Å²) in [7, 11) is 0. The lowest BCUT2D eigenvalue weighted by Crippen LogP contribution is -2.29. The predicted octanol–water partition coefficient (Wildman–Crippen LogP) is 8.04. The monoisotopic (exact) mass is 584 g/mol. The van der Waals surface area contributed by atoms with Crippen molar-refractivity contribution in [2.24, 2.45) is 0 Å². The van der Waals surface area contributed by atoms with Crippen LogP contribution in [0.1, 0.15) is 40.3 Å². The highest BCUT2D eigenvalue weighted by atomic mass is 79.9. The van der Waals surface area contributed by atoms with E-state index in [0.717, 1.165) is 44.1 Å². The summed E-state index contributed by atoms with van der Waals surface area (Å²) in [5, 5.41) is 5.27. The number of hydrogen-bond donors (Lipinski definition) is 1. The van der Waals surface area contributed by atoms with Crippen LogP contribution in [0.5, 0.6) is 0 Å². The van der Waals surface area contributed by atoms with Crippen molar-refractivity contribution in [3.05, 3.63) is 110 Å². The van der Waals surface area contributed by atoms with E-state index in [2.05, 4.69) is 80.7 Å². The van der Waals surface area contributed by atoms with Crippen LogP contribution in [0.25, 0.3) is 5.69 Å². The molecule has 4 nitrogen and oxygen atoms in total. The molecule has 5 rings (SSSR count). The van der Waals surface area contributed by atoms with Gasteiger partial charge in [-0.1, -0.05) is 51.3 Å². The molecule has 1 aliphatic rings. The van der Waals surface area contributed by atoms with Gasteiger partial charge in [-0.3, -0.25) is 4.98 Å². The Labute approximate surface area is 229 Å². The predicted molar refractivity (Wildman–Crippen MR) is 152 cm³/mol. The summed E-state index contributed by atoms with van der Waals surface area (Å²) in [5.74, 6) is 0. The number of hydrogen-bond acceptors (Lipinski definition) is 2. The number of benzene rings is 2. The molecule has 0 spiro atoms. The van der Waals surface area contributed by atoms with Crippen molar-refractivity contribution in [2.45, 2.75) is 32.9 Å². The highest BCUT2D eigenvalue weighted by Gasteiger charge is 2.42. The molecule has 1 saturated heterocycles. The zero-order valence-electron chi connectivity index (χ0n) is 19.4. The number of pyridine rings is 1. The Kier molecular flexibility index (Phi) is 6.66. The van der Waals surface area contributed by atoms with Crippen LogP contribution in [0.4, 0.5) is 5.69 Å². The van der Waals surface area contributed by atoms with Crippen molar-refractivity contribution >= 4 is 62.1 Å². The fourth-order valence-electron chi connectivity index (χ4n) is 4.85. The first-order valence-corrected chi connectivity index (χ1v) is 13.1. The molecule has 8 heteroatoms. The second kappa shape index (κ2) is 9.58. The van der Waals surface area contributed by atoms with Gasteiger partial charge in [0, 0.05) is 27.7 Å². The Morgan fingerprint density at radius 1 is 1.00 bits per heavy atom. The first-order valence-electron chi connectivity index (χ1n) is 11.2. The summed E-state index contributed by atoms with van der Waals surface area (Å²) >= 11 is 22.5. The standard InChI is InChI=1S/C27H23BrCl2N4S/c1-15-13-18(10-11-20(15)28)34-26(25(32-27(34)35)22-8-4-5-12-31-22)19-14-16(2)33(17(19)3)23-9-6-7-21(29)24(23)30/h4-14,25-26H,1-3H3,(H,32,35). The number of nitrogens with zero attached hydrogens (tertiary/aromatic N) is 3. The number of halogens is 3. The third-order valence-electron chi connectivity index (χ3n) is 6.48. The van der Waals surface area contributed by atoms with Crippen molar-refractivity contribution in [3.63, 3.8) is 0 Å². The molecule has 0 amide bonds. The molecule has 2 atom stereocenters. The second-order valence-corrected chi connectivity index (χ2v) is 10.7. The van der Waals surface area contributed by atoms with E-state index >= 15 is 0 Å². The Bertz CT molecular complexity index is 1440. The van der Waals surface area contributed by atoms with E-state index in [0.29, 0.717) is 15.2 Å².